The number of thiazole rings is 2. The van der Waals surface area contributed by atoms with Crippen LogP contribution in [0.2, 0.25) is 0 Å². The quantitative estimate of drug-likeness (QED) is 0.121. The van der Waals surface area contributed by atoms with Crippen LogP contribution in [-0.4, -0.2) is 34.7 Å². The Bertz CT molecular complexity index is 916. The van der Waals surface area contributed by atoms with Crippen LogP contribution in [0.3, 0.4) is 0 Å². The molecule has 0 radical (unpaired) electrons. The summed E-state index contributed by atoms with van der Waals surface area (Å²) in [5, 5.41) is 0. The summed E-state index contributed by atoms with van der Waals surface area (Å²) in [5.74, 6) is 2.28. The minimum absolute atomic E-state index is 0.875. The van der Waals surface area contributed by atoms with Gasteiger partial charge in [0.05, 0.1) is 20.4 Å². The van der Waals surface area contributed by atoms with Crippen LogP contribution < -0.4 is 0 Å². The highest BCUT2D eigenvalue weighted by Gasteiger charge is 2.05. The van der Waals surface area contributed by atoms with E-state index in [0.717, 1.165) is 57.3 Å². The maximum Gasteiger partial charge on any atom is 0.161 e. The molecule has 0 bridgehead atoms. The van der Waals surface area contributed by atoms with Crippen LogP contribution in [0.25, 0.3) is 20.4 Å². The minimum atomic E-state index is 0.875. The van der Waals surface area contributed by atoms with Gasteiger partial charge in [-0.1, -0.05) is 45.9 Å². The monoisotopic (exact) mass is 524 g/mol. The first-order valence-corrected chi connectivity index (χ1v) is 16.5. The third-order valence-electron chi connectivity index (χ3n) is 4.34. The fourth-order valence-electron chi connectivity index (χ4n) is 2.79. The van der Waals surface area contributed by atoms with Gasteiger partial charge in [0.15, 0.2) is 8.68 Å². The Balaban J connectivity index is 0.951. The maximum absolute atomic E-state index is 5.79. The third kappa shape index (κ3) is 7.84. The van der Waals surface area contributed by atoms with Gasteiger partial charge in [0.1, 0.15) is 0 Å². The molecule has 0 atom stereocenters. The SMILES string of the molecule is c1ccc2sc(SSCCCCOCCCCSSc3nc4ccccc4s3)nc2c1. The molecule has 0 spiro atoms. The average molecular weight is 525 g/mol. The van der Waals surface area contributed by atoms with Gasteiger partial charge in [-0.25, -0.2) is 9.97 Å². The van der Waals surface area contributed by atoms with Gasteiger partial charge in [-0.05, 0) is 71.5 Å². The van der Waals surface area contributed by atoms with Crippen molar-refractivity contribution in [3.8, 4) is 0 Å². The molecule has 0 fully saturated rings. The summed E-state index contributed by atoms with van der Waals surface area (Å²) in [4.78, 5) is 9.32. The van der Waals surface area contributed by atoms with Gasteiger partial charge in [0, 0.05) is 24.7 Å². The second-order valence-corrected chi connectivity index (χ2v) is 14.1. The summed E-state index contributed by atoms with van der Waals surface area (Å²) in [5.41, 5.74) is 2.22. The highest BCUT2D eigenvalue weighted by atomic mass is 33.1. The number of unbranched alkanes of at least 4 members (excludes halogenated alkanes) is 2. The lowest BCUT2D eigenvalue weighted by atomic mass is 10.3. The Morgan fingerprint density at radius 2 is 1.13 bits per heavy atom. The van der Waals surface area contributed by atoms with E-state index in [1.54, 1.807) is 44.3 Å². The number of nitrogens with zero attached hydrogens (tertiary/aromatic N) is 2. The van der Waals surface area contributed by atoms with Gasteiger partial charge in [-0.15, -0.1) is 22.7 Å². The van der Waals surface area contributed by atoms with Crippen molar-refractivity contribution in [1.29, 1.82) is 0 Å². The van der Waals surface area contributed by atoms with Crippen LogP contribution in [0.1, 0.15) is 25.7 Å². The van der Waals surface area contributed by atoms with E-state index in [9.17, 15) is 0 Å². The molecule has 0 aliphatic rings. The smallest absolute Gasteiger partial charge is 0.161 e. The fraction of sp³-hybridized carbons (Fsp3) is 0.364. The molecule has 0 unspecified atom stereocenters. The molecule has 164 valence electrons. The van der Waals surface area contributed by atoms with Gasteiger partial charge < -0.3 is 4.74 Å². The Hall–Kier alpha value is -0.420. The maximum atomic E-state index is 5.79. The van der Waals surface area contributed by atoms with E-state index in [-0.39, 0.29) is 0 Å². The summed E-state index contributed by atoms with van der Waals surface area (Å²) < 4.78 is 10.6. The lowest BCUT2D eigenvalue weighted by Gasteiger charge is -2.04. The summed E-state index contributed by atoms with van der Waals surface area (Å²) in [6, 6.07) is 16.7. The molecule has 3 nitrogen and oxygen atoms in total. The van der Waals surface area contributed by atoms with Crippen LogP contribution in [0.4, 0.5) is 0 Å². The molecule has 2 aromatic heterocycles. The van der Waals surface area contributed by atoms with E-state index >= 15 is 0 Å². The summed E-state index contributed by atoms with van der Waals surface area (Å²) in [7, 11) is 7.40. The Labute approximate surface area is 207 Å². The zero-order valence-corrected chi connectivity index (χ0v) is 21.9. The topological polar surface area (TPSA) is 35.0 Å². The normalized spacial score (nSPS) is 11.6. The first-order chi connectivity index (χ1) is 15.4. The molecule has 9 heteroatoms. The molecular weight excluding hydrogens is 501 g/mol. The molecule has 0 saturated carbocycles. The van der Waals surface area contributed by atoms with E-state index in [1.165, 1.54) is 22.2 Å². The number of para-hydroxylation sites is 2. The Kier molecular flexibility index (Phi) is 10.2. The number of hydrogen-bond acceptors (Lipinski definition) is 9. The fourth-order valence-corrected chi connectivity index (χ4v) is 9.79. The molecule has 0 aliphatic carbocycles. The van der Waals surface area contributed by atoms with Crippen molar-refractivity contribution in [2.45, 2.75) is 34.4 Å². The second-order valence-electron chi connectivity index (χ2n) is 6.73. The molecule has 0 aliphatic heterocycles. The zero-order valence-electron chi connectivity index (χ0n) is 17.0. The minimum Gasteiger partial charge on any atom is -0.381 e. The largest absolute Gasteiger partial charge is 0.381 e. The van der Waals surface area contributed by atoms with Crippen molar-refractivity contribution >= 4 is 86.3 Å². The molecule has 4 rings (SSSR count). The van der Waals surface area contributed by atoms with Crippen molar-refractivity contribution < 1.29 is 4.74 Å². The van der Waals surface area contributed by atoms with Crippen molar-refractivity contribution in [2.24, 2.45) is 0 Å². The third-order valence-corrected chi connectivity index (χ3v) is 11.9. The number of benzene rings is 2. The first kappa shape index (κ1) is 23.7. The molecule has 4 aromatic rings. The standard InChI is InChI=1S/C22H24N2OS6/c1-3-11-19-17(9-1)23-21(28-19)30-26-15-7-5-13-25-14-6-8-16-27-31-22-24-18-10-2-4-12-20(18)29-22/h1-4,9-12H,5-8,13-16H2. The summed E-state index contributed by atoms with van der Waals surface area (Å²) >= 11 is 3.56. The number of hydrogen-bond donors (Lipinski definition) is 0. The van der Waals surface area contributed by atoms with Crippen LogP contribution in [-0.2, 0) is 4.74 Å². The summed E-state index contributed by atoms with van der Waals surface area (Å²) in [6.07, 6.45) is 4.65. The highest BCUT2D eigenvalue weighted by molar-refractivity contribution is 8.77. The van der Waals surface area contributed by atoms with Gasteiger partial charge in [0.2, 0.25) is 0 Å². The zero-order chi connectivity index (χ0) is 21.1. The number of fused-ring (bicyclic) bond motifs is 2. The molecular formula is C22H24N2OS6. The molecule has 0 saturated heterocycles. The predicted octanol–water partition coefficient (Wildman–Crippen LogP) is 8.66. The Morgan fingerprint density at radius 1 is 0.645 bits per heavy atom. The molecule has 2 heterocycles. The van der Waals surface area contributed by atoms with Crippen molar-refractivity contribution in [2.75, 3.05) is 24.7 Å². The molecule has 0 N–H and O–H groups in total. The van der Waals surface area contributed by atoms with E-state index in [0.29, 0.717) is 0 Å². The van der Waals surface area contributed by atoms with E-state index in [2.05, 4.69) is 46.4 Å². The van der Waals surface area contributed by atoms with E-state index in [4.69, 9.17) is 4.74 Å². The number of aromatic nitrogens is 2. The molecule has 0 amide bonds. The summed E-state index contributed by atoms with van der Waals surface area (Å²) in [6.45, 7) is 1.75. The van der Waals surface area contributed by atoms with Crippen LogP contribution in [0.5, 0.6) is 0 Å². The van der Waals surface area contributed by atoms with Gasteiger partial charge in [-0.3, -0.25) is 0 Å². The van der Waals surface area contributed by atoms with Gasteiger partial charge >= 0.3 is 0 Å². The Morgan fingerprint density at radius 3 is 1.61 bits per heavy atom. The van der Waals surface area contributed by atoms with E-state index < -0.39 is 0 Å². The van der Waals surface area contributed by atoms with Crippen LogP contribution >= 0.6 is 65.8 Å². The van der Waals surface area contributed by atoms with Crippen LogP contribution in [0.15, 0.2) is 57.2 Å². The van der Waals surface area contributed by atoms with Gasteiger partial charge in [-0.2, -0.15) is 0 Å². The predicted molar refractivity (Wildman–Crippen MR) is 145 cm³/mol. The van der Waals surface area contributed by atoms with Gasteiger partial charge in [0.25, 0.3) is 0 Å². The van der Waals surface area contributed by atoms with Crippen molar-refractivity contribution in [1.82, 2.24) is 9.97 Å². The number of ether oxygens (including phenoxy) is 1. The highest BCUT2D eigenvalue weighted by Crippen LogP contribution is 2.37. The number of rotatable bonds is 14. The van der Waals surface area contributed by atoms with Crippen molar-refractivity contribution in [3.05, 3.63) is 48.5 Å². The molecule has 31 heavy (non-hydrogen) atoms. The lowest BCUT2D eigenvalue weighted by Crippen LogP contribution is -1.98. The van der Waals surface area contributed by atoms with Crippen LogP contribution in [0, 0.1) is 0 Å². The first-order valence-electron chi connectivity index (χ1n) is 10.3. The average Bonchev–Trinajstić information content (AvgIpc) is 3.40. The molecule has 2 aromatic carbocycles. The van der Waals surface area contributed by atoms with E-state index in [1.807, 2.05) is 33.7 Å². The lowest BCUT2D eigenvalue weighted by molar-refractivity contribution is 0.129. The second kappa shape index (κ2) is 13.3. The van der Waals surface area contributed by atoms with Crippen molar-refractivity contribution in [3.63, 3.8) is 0 Å².